The fourth-order valence-electron chi connectivity index (χ4n) is 3.97. The van der Waals surface area contributed by atoms with E-state index in [-0.39, 0.29) is 11.7 Å². The Morgan fingerprint density at radius 2 is 1.79 bits per heavy atom. The highest BCUT2D eigenvalue weighted by atomic mass is 19.1. The lowest BCUT2D eigenvalue weighted by Gasteiger charge is -2.26. The average Bonchev–Trinajstić information content (AvgIpc) is 3.30. The van der Waals surface area contributed by atoms with Crippen LogP contribution in [0.3, 0.4) is 0 Å². The molecule has 7 heteroatoms. The number of nitrogens with zero attached hydrogens (tertiary/aromatic N) is 2. The number of benzene rings is 3. The van der Waals surface area contributed by atoms with Crippen molar-refractivity contribution in [3.8, 4) is 5.75 Å². The van der Waals surface area contributed by atoms with Crippen LogP contribution in [0.1, 0.15) is 33.1 Å². The van der Waals surface area contributed by atoms with E-state index in [1.165, 1.54) is 12.3 Å². The third-order valence-electron chi connectivity index (χ3n) is 5.82. The second kappa shape index (κ2) is 8.86. The Balaban J connectivity index is 1.55. The van der Waals surface area contributed by atoms with Gasteiger partial charge in [0.05, 0.1) is 13.3 Å². The van der Waals surface area contributed by atoms with Gasteiger partial charge < -0.3 is 15.4 Å². The second-order valence-corrected chi connectivity index (χ2v) is 8.07. The van der Waals surface area contributed by atoms with Crippen molar-refractivity contribution in [2.24, 2.45) is 0 Å². The van der Waals surface area contributed by atoms with Crippen molar-refractivity contribution in [2.45, 2.75) is 13.0 Å². The fourth-order valence-corrected chi connectivity index (χ4v) is 3.97. The number of anilines is 2. The van der Waals surface area contributed by atoms with Crippen LogP contribution in [0, 0.1) is 12.7 Å². The van der Waals surface area contributed by atoms with Crippen LogP contribution in [0.2, 0.25) is 0 Å². The predicted octanol–water partition coefficient (Wildman–Crippen LogP) is 5.65. The van der Waals surface area contributed by atoms with Crippen molar-refractivity contribution in [3.63, 3.8) is 0 Å². The van der Waals surface area contributed by atoms with Crippen molar-refractivity contribution in [1.29, 1.82) is 0 Å². The van der Waals surface area contributed by atoms with E-state index >= 15 is 0 Å². The van der Waals surface area contributed by atoms with Crippen LogP contribution in [0.4, 0.5) is 15.9 Å². The van der Waals surface area contributed by atoms with E-state index in [9.17, 15) is 9.18 Å². The summed E-state index contributed by atoms with van der Waals surface area (Å²) in [7, 11) is 1.61. The summed E-state index contributed by atoms with van der Waals surface area (Å²) in [5.74, 6) is 0.577. The number of aromatic nitrogens is 2. The van der Waals surface area contributed by atoms with Crippen molar-refractivity contribution >= 4 is 23.1 Å². The Bertz CT molecular complexity index is 1370. The third kappa shape index (κ3) is 4.03. The number of hydrogen-bond donors (Lipinski definition) is 2. The maximum atomic E-state index is 14.8. The largest absolute Gasteiger partial charge is 0.497 e. The molecule has 1 amide bonds. The van der Waals surface area contributed by atoms with E-state index in [1.54, 1.807) is 30.0 Å². The van der Waals surface area contributed by atoms with Crippen LogP contribution < -0.4 is 15.4 Å². The molecule has 6 nitrogen and oxygen atoms in total. The van der Waals surface area contributed by atoms with Crippen molar-refractivity contribution in [1.82, 2.24) is 9.78 Å². The number of carbonyl (C=O) groups excluding carboxylic acids is 1. The number of ether oxygens (including phenoxy) is 1. The average molecular weight is 455 g/mol. The van der Waals surface area contributed by atoms with Crippen LogP contribution in [0.5, 0.6) is 5.75 Å². The molecule has 1 aliphatic rings. The number of fused-ring (bicyclic) bond motifs is 1. The number of amides is 1. The molecule has 2 heterocycles. The van der Waals surface area contributed by atoms with Gasteiger partial charge in [-0.3, -0.25) is 4.79 Å². The number of carbonyl (C=O) groups is 1. The maximum Gasteiger partial charge on any atom is 0.261 e. The molecule has 3 aromatic carbocycles. The number of aryl methyl sites for hydroxylation is 1. The van der Waals surface area contributed by atoms with Gasteiger partial charge >= 0.3 is 0 Å². The first-order chi connectivity index (χ1) is 16.5. The first-order valence-electron chi connectivity index (χ1n) is 10.9. The topological polar surface area (TPSA) is 68.2 Å². The number of halogens is 1. The number of hydrogen-bond acceptors (Lipinski definition) is 4. The molecule has 0 spiro atoms. The Labute approximate surface area is 196 Å². The number of nitrogens with one attached hydrogen (secondary N) is 2. The van der Waals surface area contributed by atoms with Crippen molar-refractivity contribution in [2.75, 3.05) is 17.7 Å². The minimum absolute atomic E-state index is 0.305. The molecule has 4 aromatic rings. The van der Waals surface area contributed by atoms with E-state index in [2.05, 4.69) is 15.7 Å². The molecule has 34 heavy (non-hydrogen) atoms. The summed E-state index contributed by atoms with van der Waals surface area (Å²) in [4.78, 5) is 13.2. The summed E-state index contributed by atoms with van der Waals surface area (Å²) in [5.41, 5.74) is 4.23. The zero-order valence-electron chi connectivity index (χ0n) is 18.7. The van der Waals surface area contributed by atoms with E-state index in [0.717, 1.165) is 22.6 Å². The number of allylic oxidation sites excluding steroid dienone is 1. The molecule has 1 aromatic heterocycles. The van der Waals surface area contributed by atoms with Gasteiger partial charge in [0.25, 0.3) is 5.91 Å². The summed E-state index contributed by atoms with van der Waals surface area (Å²) in [6.45, 7) is 1.99. The molecule has 5 rings (SSSR count). The van der Waals surface area contributed by atoms with E-state index in [1.807, 2.05) is 61.5 Å². The zero-order chi connectivity index (χ0) is 23.7. The molecule has 0 fully saturated rings. The molecule has 1 aliphatic heterocycles. The lowest BCUT2D eigenvalue weighted by atomic mass is 10.0. The van der Waals surface area contributed by atoms with Gasteiger partial charge in [0.1, 0.15) is 29.0 Å². The van der Waals surface area contributed by atoms with Gasteiger partial charge in [0.2, 0.25) is 0 Å². The van der Waals surface area contributed by atoms with Gasteiger partial charge in [-0.25, -0.2) is 9.07 Å². The molecule has 0 bridgehead atoms. The summed E-state index contributed by atoms with van der Waals surface area (Å²) < 4.78 is 21.7. The van der Waals surface area contributed by atoms with E-state index < -0.39 is 6.04 Å². The first-order valence-corrected chi connectivity index (χ1v) is 10.9. The van der Waals surface area contributed by atoms with Gasteiger partial charge in [-0.15, -0.1) is 0 Å². The van der Waals surface area contributed by atoms with Crippen molar-refractivity contribution in [3.05, 3.63) is 113 Å². The molecule has 0 saturated heterocycles. The van der Waals surface area contributed by atoms with E-state index in [0.29, 0.717) is 22.6 Å². The SMILES string of the molecule is COc1ccc(C2=C[C@@H](c3ccccc3F)n3ncc(C(=O)Nc4ccc(C)cc4)c3N2)cc1. The van der Waals surface area contributed by atoms with Crippen LogP contribution in [-0.4, -0.2) is 22.8 Å². The molecule has 0 saturated carbocycles. The highest BCUT2D eigenvalue weighted by molar-refractivity contribution is 6.08. The highest BCUT2D eigenvalue weighted by Gasteiger charge is 2.29. The monoisotopic (exact) mass is 454 g/mol. The lowest BCUT2D eigenvalue weighted by molar-refractivity contribution is 0.102. The number of rotatable bonds is 5. The van der Waals surface area contributed by atoms with Crippen LogP contribution >= 0.6 is 0 Å². The normalized spacial score (nSPS) is 14.6. The summed E-state index contributed by atoms with van der Waals surface area (Å²) in [6, 6.07) is 21.1. The number of methoxy groups -OCH3 is 1. The minimum atomic E-state index is -0.532. The smallest absolute Gasteiger partial charge is 0.261 e. The Morgan fingerprint density at radius 1 is 1.06 bits per heavy atom. The Kier molecular flexibility index (Phi) is 5.59. The van der Waals surface area contributed by atoms with Gasteiger partial charge in [-0.1, -0.05) is 35.9 Å². The molecule has 0 aliphatic carbocycles. The first kappa shape index (κ1) is 21.5. The molecule has 170 valence electrons. The second-order valence-electron chi connectivity index (χ2n) is 8.07. The quantitative estimate of drug-likeness (QED) is 0.409. The minimum Gasteiger partial charge on any atom is -0.497 e. The standard InChI is InChI=1S/C27H23FN4O2/c1-17-7-11-19(12-8-17)30-27(33)22-16-29-32-25(21-5-3-4-6-23(21)28)15-24(31-26(22)32)18-9-13-20(34-2)14-10-18/h3-16,25,31H,1-2H3,(H,30,33)/t25-/m0/s1. The molecular formula is C27H23FN4O2. The Morgan fingerprint density at radius 3 is 2.50 bits per heavy atom. The Hall–Kier alpha value is -4.39. The maximum absolute atomic E-state index is 14.8. The predicted molar refractivity (Wildman–Crippen MR) is 130 cm³/mol. The van der Waals surface area contributed by atoms with Crippen LogP contribution in [0.15, 0.2) is 85.1 Å². The molecule has 1 atom stereocenters. The molecule has 2 N–H and O–H groups in total. The van der Waals surface area contributed by atoms with Gasteiger partial charge in [-0.05, 0) is 61.0 Å². The lowest BCUT2D eigenvalue weighted by Crippen LogP contribution is -2.22. The van der Waals surface area contributed by atoms with Gasteiger partial charge in [0.15, 0.2) is 0 Å². The fraction of sp³-hybridized carbons (Fsp3) is 0.111. The van der Waals surface area contributed by atoms with Crippen LogP contribution in [0.25, 0.3) is 5.70 Å². The zero-order valence-corrected chi connectivity index (χ0v) is 18.7. The summed E-state index contributed by atoms with van der Waals surface area (Å²) in [6.07, 6.45) is 3.41. The molecule has 0 unspecified atom stereocenters. The van der Waals surface area contributed by atoms with Gasteiger partial charge in [-0.2, -0.15) is 5.10 Å². The molecular weight excluding hydrogens is 431 g/mol. The van der Waals surface area contributed by atoms with Crippen LogP contribution in [-0.2, 0) is 0 Å². The molecule has 0 radical (unpaired) electrons. The van der Waals surface area contributed by atoms with Gasteiger partial charge in [0, 0.05) is 16.9 Å². The van der Waals surface area contributed by atoms with E-state index in [4.69, 9.17) is 4.74 Å². The summed E-state index contributed by atoms with van der Waals surface area (Å²) in [5, 5.41) is 10.7. The summed E-state index contributed by atoms with van der Waals surface area (Å²) >= 11 is 0. The van der Waals surface area contributed by atoms with Crippen molar-refractivity contribution < 1.29 is 13.9 Å². The third-order valence-corrected chi connectivity index (χ3v) is 5.82. The highest BCUT2D eigenvalue weighted by Crippen LogP contribution is 2.36.